The molecule has 1 atom stereocenters. The molecule has 0 aromatic carbocycles. The highest BCUT2D eigenvalue weighted by Crippen LogP contribution is 2.22. The summed E-state index contributed by atoms with van der Waals surface area (Å²) in [5.41, 5.74) is 2.54. The first-order chi connectivity index (χ1) is 8.33. The minimum Gasteiger partial charge on any atom is -0.311 e. The smallest absolute Gasteiger partial charge is 0.0625 e. The predicted molar refractivity (Wildman–Crippen MR) is 74.4 cm³/mol. The summed E-state index contributed by atoms with van der Waals surface area (Å²) < 4.78 is 2.12. The van der Waals surface area contributed by atoms with Crippen LogP contribution in [0.4, 0.5) is 0 Å². The fraction of sp³-hybridized carbons (Fsp3) is 0.769. The molecule has 1 aromatic heterocycles. The summed E-state index contributed by atoms with van der Waals surface area (Å²) in [6, 6.07) is 2.24. The summed E-state index contributed by atoms with van der Waals surface area (Å²) in [6.45, 7) is 7.40. The molecule has 0 spiro atoms. The fourth-order valence-electron chi connectivity index (χ4n) is 2.25. The maximum absolute atomic E-state index is 4.57. The Labute approximate surface area is 108 Å². The topological polar surface area (TPSA) is 29.9 Å². The Kier molecular flexibility index (Phi) is 4.92. The van der Waals surface area contributed by atoms with E-state index < -0.39 is 0 Å². The van der Waals surface area contributed by atoms with Crippen molar-refractivity contribution in [2.24, 2.45) is 5.92 Å². The average Bonchev–Trinajstić information content (AvgIpc) is 2.98. The molecule has 1 aliphatic rings. The van der Waals surface area contributed by atoms with Gasteiger partial charge in [-0.05, 0) is 49.8 Å². The minimum atomic E-state index is 0.878. The molecule has 4 heteroatoms. The van der Waals surface area contributed by atoms with Crippen LogP contribution in [0.1, 0.15) is 31.7 Å². The van der Waals surface area contributed by atoms with Gasteiger partial charge in [0.15, 0.2) is 0 Å². The molecule has 1 N–H and O–H groups in total. The molecular weight excluding hydrogens is 230 g/mol. The van der Waals surface area contributed by atoms with Gasteiger partial charge >= 0.3 is 0 Å². The summed E-state index contributed by atoms with van der Waals surface area (Å²) in [7, 11) is 0. The van der Waals surface area contributed by atoms with E-state index in [1.165, 1.54) is 29.3 Å². The summed E-state index contributed by atoms with van der Waals surface area (Å²) in [4.78, 5) is 0. The Morgan fingerprint density at radius 2 is 2.41 bits per heavy atom. The largest absolute Gasteiger partial charge is 0.311 e. The first-order valence-corrected chi connectivity index (χ1v) is 7.83. The molecular formula is C13H23N3S. The molecule has 0 radical (unpaired) electrons. The first kappa shape index (κ1) is 13.0. The predicted octanol–water partition coefficient (Wildman–Crippen LogP) is 2.31. The lowest BCUT2D eigenvalue weighted by Gasteiger charge is -2.10. The van der Waals surface area contributed by atoms with Gasteiger partial charge in [0.05, 0.1) is 11.4 Å². The van der Waals surface area contributed by atoms with Crippen molar-refractivity contribution in [3.05, 3.63) is 17.5 Å². The van der Waals surface area contributed by atoms with Crippen LogP contribution >= 0.6 is 11.8 Å². The maximum atomic E-state index is 4.57. The number of hydrogen-bond acceptors (Lipinski definition) is 3. The molecule has 96 valence electrons. The lowest BCUT2D eigenvalue weighted by molar-refractivity contribution is 0.505. The van der Waals surface area contributed by atoms with Gasteiger partial charge in [0.1, 0.15) is 0 Å². The fourth-order valence-corrected chi connectivity index (χ4v) is 3.54. The third kappa shape index (κ3) is 3.49. The second-order valence-corrected chi connectivity index (χ2v) is 5.81. The van der Waals surface area contributed by atoms with E-state index in [2.05, 4.69) is 46.8 Å². The first-order valence-electron chi connectivity index (χ1n) is 6.67. The van der Waals surface area contributed by atoms with Crippen molar-refractivity contribution in [1.29, 1.82) is 0 Å². The van der Waals surface area contributed by atoms with Gasteiger partial charge in [0.2, 0.25) is 0 Å². The third-order valence-electron chi connectivity index (χ3n) is 3.34. The molecule has 2 heterocycles. The van der Waals surface area contributed by atoms with Crippen molar-refractivity contribution in [2.45, 2.75) is 39.8 Å². The molecule has 0 aliphatic carbocycles. The monoisotopic (exact) mass is 253 g/mol. The van der Waals surface area contributed by atoms with E-state index >= 15 is 0 Å². The Bertz CT molecular complexity index is 342. The van der Waals surface area contributed by atoms with Crippen LogP contribution in [0.5, 0.6) is 0 Å². The summed E-state index contributed by atoms with van der Waals surface area (Å²) in [6.07, 6.45) is 2.41. The Balaban J connectivity index is 1.82. The van der Waals surface area contributed by atoms with Crippen molar-refractivity contribution in [1.82, 2.24) is 15.1 Å². The molecule has 2 rings (SSSR count). The van der Waals surface area contributed by atoms with Crippen molar-refractivity contribution < 1.29 is 0 Å². The molecule has 3 nitrogen and oxygen atoms in total. The number of hydrogen-bond donors (Lipinski definition) is 1. The molecule has 1 fully saturated rings. The lowest BCUT2D eigenvalue weighted by atomic mass is 10.1. The van der Waals surface area contributed by atoms with E-state index in [-0.39, 0.29) is 0 Å². The van der Waals surface area contributed by atoms with Crippen LogP contribution in [0, 0.1) is 5.92 Å². The summed E-state index contributed by atoms with van der Waals surface area (Å²) in [5, 5.41) is 8.15. The quantitative estimate of drug-likeness (QED) is 0.844. The Hall–Kier alpha value is -0.480. The highest BCUT2D eigenvalue weighted by molar-refractivity contribution is 7.99. The van der Waals surface area contributed by atoms with E-state index in [4.69, 9.17) is 0 Å². The third-order valence-corrected chi connectivity index (χ3v) is 4.57. The van der Waals surface area contributed by atoms with Gasteiger partial charge in [-0.1, -0.05) is 6.92 Å². The van der Waals surface area contributed by atoms with Crippen molar-refractivity contribution in [3.63, 3.8) is 0 Å². The minimum absolute atomic E-state index is 0.878. The second-order valence-electron chi connectivity index (χ2n) is 4.66. The molecule has 0 bridgehead atoms. The van der Waals surface area contributed by atoms with Crippen molar-refractivity contribution in [3.8, 4) is 0 Å². The average molecular weight is 253 g/mol. The number of aryl methyl sites for hydroxylation is 2. The van der Waals surface area contributed by atoms with E-state index in [0.29, 0.717) is 0 Å². The van der Waals surface area contributed by atoms with Crippen LogP contribution in [0.25, 0.3) is 0 Å². The molecule has 1 unspecified atom stereocenters. The van der Waals surface area contributed by atoms with E-state index in [9.17, 15) is 0 Å². The molecule has 1 saturated heterocycles. The zero-order valence-electron chi connectivity index (χ0n) is 10.9. The van der Waals surface area contributed by atoms with Crippen LogP contribution in [0.3, 0.4) is 0 Å². The number of nitrogens with one attached hydrogen (secondary N) is 1. The standard InChI is InChI=1S/C13H23N3S/c1-3-12-7-13(16(4-2)15-12)9-14-8-11-5-6-17-10-11/h7,11,14H,3-6,8-10H2,1-2H3. The Morgan fingerprint density at radius 1 is 1.53 bits per heavy atom. The molecule has 1 aliphatic heterocycles. The zero-order chi connectivity index (χ0) is 12.1. The Morgan fingerprint density at radius 3 is 3.06 bits per heavy atom. The maximum Gasteiger partial charge on any atom is 0.0625 e. The van der Waals surface area contributed by atoms with Gasteiger partial charge in [-0.25, -0.2) is 0 Å². The SMILES string of the molecule is CCc1cc(CNCC2CCSC2)n(CC)n1. The summed E-state index contributed by atoms with van der Waals surface area (Å²) in [5.74, 6) is 3.56. The number of rotatable bonds is 6. The molecule has 0 amide bonds. The van der Waals surface area contributed by atoms with Gasteiger partial charge in [-0.2, -0.15) is 16.9 Å². The van der Waals surface area contributed by atoms with E-state index in [1.54, 1.807) is 0 Å². The van der Waals surface area contributed by atoms with Gasteiger partial charge in [0.25, 0.3) is 0 Å². The van der Waals surface area contributed by atoms with Gasteiger partial charge in [0, 0.05) is 13.1 Å². The molecule has 1 aromatic rings. The highest BCUT2D eigenvalue weighted by atomic mass is 32.2. The van der Waals surface area contributed by atoms with Crippen molar-refractivity contribution >= 4 is 11.8 Å². The number of thioether (sulfide) groups is 1. The van der Waals surface area contributed by atoms with Gasteiger partial charge in [-0.3, -0.25) is 4.68 Å². The van der Waals surface area contributed by atoms with Gasteiger partial charge < -0.3 is 5.32 Å². The van der Waals surface area contributed by atoms with Crippen LogP contribution in [0.2, 0.25) is 0 Å². The van der Waals surface area contributed by atoms with Crippen LogP contribution in [-0.4, -0.2) is 27.8 Å². The number of aromatic nitrogens is 2. The highest BCUT2D eigenvalue weighted by Gasteiger charge is 2.15. The van der Waals surface area contributed by atoms with Crippen LogP contribution in [0.15, 0.2) is 6.07 Å². The normalized spacial score (nSPS) is 20.0. The zero-order valence-corrected chi connectivity index (χ0v) is 11.7. The molecule has 17 heavy (non-hydrogen) atoms. The lowest BCUT2D eigenvalue weighted by Crippen LogP contribution is -2.23. The second kappa shape index (κ2) is 6.45. The van der Waals surface area contributed by atoms with Crippen LogP contribution < -0.4 is 5.32 Å². The number of nitrogens with zero attached hydrogens (tertiary/aromatic N) is 2. The van der Waals surface area contributed by atoms with E-state index in [1.807, 2.05) is 0 Å². The summed E-state index contributed by atoms with van der Waals surface area (Å²) >= 11 is 2.09. The van der Waals surface area contributed by atoms with Crippen molar-refractivity contribution in [2.75, 3.05) is 18.1 Å². The van der Waals surface area contributed by atoms with Gasteiger partial charge in [-0.15, -0.1) is 0 Å². The van der Waals surface area contributed by atoms with Crippen LogP contribution in [-0.2, 0) is 19.5 Å². The molecule has 0 saturated carbocycles. The van der Waals surface area contributed by atoms with E-state index in [0.717, 1.165) is 32.0 Å².